The Balaban J connectivity index is 2.99. The van der Waals surface area contributed by atoms with Gasteiger partial charge in [-0.2, -0.15) is 0 Å². The van der Waals surface area contributed by atoms with E-state index in [2.05, 4.69) is 10.2 Å². The van der Waals surface area contributed by atoms with Gasteiger partial charge in [-0.3, -0.25) is 0 Å². The minimum Gasteiger partial charge on any atom is -0.234 e. The molecule has 0 bridgehead atoms. The molecule has 0 N–H and O–H groups in total. The van der Waals surface area contributed by atoms with E-state index in [1.807, 2.05) is 0 Å². The molecule has 0 amide bonds. The first-order chi connectivity index (χ1) is 3.93. The van der Waals surface area contributed by atoms with Gasteiger partial charge in [0.05, 0.1) is 0 Å². The number of nitroso groups, excluding NO2 is 1. The molecule has 0 aliphatic heterocycles. The van der Waals surface area contributed by atoms with E-state index in [0.717, 1.165) is 0 Å². The lowest BCUT2D eigenvalue weighted by Crippen LogP contribution is -1.65. The third-order valence-electron chi connectivity index (χ3n) is 0.743. The first-order valence-electron chi connectivity index (χ1n) is 2.18. The maximum absolute atomic E-state index is 9.69. The van der Waals surface area contributed by atoms with Crippen LogP contribution in [-0.4, -0.2) is 4.98 Å². The molecule has 0 saturated heterocycles. The molecule has 0 radical (unpaired) electrons. The van der Waals surface area contributed by atoms with Crippen LogP contribution in [0.2, 0.25) is 0 Å². The molecule has 0 saturated carbocycles. The van der Waals surface area contributed by atoms with Crippen molar-refractivity contribution in [3.63, 3.8) is 0 Å². The zero-order chi connectivity index (χ0) is 5.82. The summed E-state index contributed by atoms with van der Waals surface area (Å²) in [6.45, 7) is 0. The fourth-order valence-electron chi connectivity index (χ4n) is 0.408. The van der Waals surface area contributed by atoms with Gasteiger partial charge in [-0.25, -0.2) is 4.98 Å². The number of nitrogens with zero attached hydrogens (tertiary/aromatic N) is 2. The molecule has 1 rings (SSSR count). The van der Waals surface area contributed by atoms with Crippen LogP contribution >= 0.6 is 0 Å². The SMILES string of the molecule is O=Nc1ccccn1. The van der Waals surface area contributed by atoms with Crippen molar-refractivity contribution in [2.45, 2.75) is 0 Å². The molecule has 0 aliphatic carbocycles. The second kappa shape index (κ2) is 2.16. The van der Waals surface area contributed by atoms with Gasteiger partial charge in [0.2, 0.25) is 0 Å². The van der Waals surface area contributed by atoms with Crippen LogP contribution in [0.1, 0.15) is 0 Å². The highest BCUT2D eigenvalue weighted by Crippen LogP contribution is 2.01. The predicted octanol–water partition coefficient (Wildman–Crippen LogP) is 1.48. The van der Waals surface area contributed by atoms with E-state index in [0.29, 0.717) is 0 Å². The molecule has 3 nitrogen and oxygen atoms in total. The van der Waals surface area contributed by atoms with Crippen molar-refractivity contribution < 1.29 is 0 Å². The van der Waals surface area contributed by atoms with Gasteiger partial charge in [-0.1, -0.05) is 6.07 Å². The van der Waals surface area contributed by atoms with E-state index in [9.17, 15) is 4.91 Å². The Kier molecular flexibility index (Phi) is 1.32. The molecule has 0 aliphatic rings. The zero-order valence-corrected chi connectivity index (χ0v) is 4.11. The monoisotopic (exact) mass is 108 g/mol. The molecule has 0 fully saturated rings. The minimum absolute atomic E-state index is 0.229. The van der Waals surface area contributed by atoms with E-state index >= 15 is 0 Å². The summed E-state index contributed by atoms with van der Waals surface area (Å²) in [5.74, 6) is 0.229. The second-order valence-electron chi connectivity index (χ2n) is 1.28. The largest absolute Gasteiger partial charge is 0.234 e. The molecule has 1 aromatic rings. The van der Waals surface area contributed by atoms with E-state index in [1.54, 1.807) is 18.2 Å². The molecule has 0 spiro atoms. The lowest BCUT2D eigenvalue weighted by Gasteiger charge is -1.79. The summed E-state index contributed by atoms with van der Waals surface area (Å²) in [5, 5.41) is 2.61. The summed E-state index contributed by atoms with van der Waals surface area (Å²) in [7, 11) is 0. The van der Waals surface area contributed by atoms with E-state index in [-0.39, 0.29) is 5.82 Å². The average molecular weight is 108 g/mol. The molecule has 0 aromatic carbocycles. The third kappa shape index (κ3) is 0.872. The highest BCUT2D eigenvalue weighted by Gasteiger charge is 1.83. The Bertz CT molecular complexity index is 173. The van der Waals surface area contributed by atoms with Gasteiger partial charge in [0.25, 0.3) is 0 Å². The van der Waals surface area contributed by atoms with Gasteiger partial charge in [-0.05, 0) is 17.3 Å². The highest BCUT2D eigenvalue weighted by molar-refractivity contribution is 5.23. The predicted molar refractivity (Wildman–Crippen MR) is 29.7 cm³/mol. The molecule has 40 valence electrons. The standard InChI is InChI=1S/C5H4N2O/c8-7-5-3-1-2-4-6-5/h1-4H. The van der Waals surface area contributed by atoms with Crippen molar-refractivity contribution in [1.82, 2.24) is 4.98 Å². The minimum atomic E-state index is 0.229. The molecule has 0 unspecified atom stereocenters. The van der Waals surface area contributed by atoms with Crippen molar-refractivity contribution in [3.05, 3.63) is 29.3 Å². The number of hydrogen-bond acceptors (Lipinski definition) is 3. The first-order valence-corrected chi connectivity index (χ1v) is 2.18. The maximum Gasteiger partial charge on any atom is 0.196 e. The number of hydrogen-bond donors (Lipinski definition) is 0. The van der Waals surface area contributed by atoms with Crippen LogP contribution in [-0.2, 0) is 0 Å². The first kappa shape index (κ1) is 4.90. The Morgan fingerprint density at radius 2 is 2.38 bits per heavy atom. The third-order valence-corrected chi connectivity index (χ3v) is 0.743. The van der Waals surface area contributed by atoms with Crippen LogP contribution in [0.4, 0.5) is 5.82 Å². The highest BCUT2D eigenvalue weighted by atomic mass is 16.3. The van der Waals surface area contributed by atoms with Crippen molar-refractivity contribution in [3.8, 4) is 0 Å². The van der Waals surface area contributed by atoms with Gasteiger partial charge < -0.3 is 0 Å². The summed E-state index contributed by atoms with van der Waals surface area (Å²) in [4.78, 5) is 13.3. The smallest absolute Gasteiger partial charge is 0.196 e. The second-order valence-corrected chi connectivity index (χ2v) is 1.28. The van der Waals surface area contributed by atoms with Crippen LogP contribution in [0.5, 0.6) is 0 Å². The Morgan fingerprint density at radius 1 is 1.50 bits per heavy atom. The van der Waals surface area contributed by atoms with Gasteiger partial charge in [0, 0.05) is 6.20 Å². The van der Waals surface area contributed by atoms with Crippen LogP contribution < -0.4 is 0 Å². The summed E-state index contributed by atoms with van der Waals surface area (Å²) in [5.41, 5.74) is 0. The van der Waals surface area contributed by atoms with Gasteiger partial charge in [0.15, 0.2) is 5.82 Å². The van der Waals surface area contributed by atoms with Gasteiger partial charge in [0.1, 0.15) is 0 Å². The quantitative estimate of drug-likeness (QED) is 0.511. The van der Waals surface area contributed by atoms with Crippen molar-refractivity contribution >= 4 is 5.82 Å². The molecule has 8 heavy (non-hydrogen) atoms. The molecular formula is C5H4N2O. The molecule has 1 aromatic heterocycles. The molecule has 0 atom stereocenters. The number of pyridine rings is 1. The fraction of sp³-hybridized carbons (Fsp3) is 0. The van der Waals surface area contributed by atoms with Crippen LogP contribution in [0.3, 0.4) is 0 Å². The number of aromatic nitrogens is 1. The number of rotatable bonds is 1. The normalized spacial score (nSPS) is 8.50. The van der Waals surface area contributed by atoms with Gasteiger partial charge in [-0.15, -0.1) is 4.91 Å². The van der Waals surface area contributed by atoms with Gasteiger partial charge >= 0.3 is 0 Å². The summed E-state index contributed by atoms with van der Waals surface area (Å²) in [6.07, 6.45) is 1.52. The maximum atomic E-state index is 9.69. The van der Waals surface area contributed by atoms with E-state index in [4.69, 9.17) is 0 Å². The topological polar surface area (TPSA) is 42.3 Å². The Labute approximate surface area is 46.3 Å². The Morgan fingerprint density at radius 3 is 2.75 bits per heavy atom. The van der Waals surface area contributed by atoms with Crippen LogP contribution in [0, 0.1) is 4.91 Å². The van der Waals surface area contributed by atoms with Crippen molar-refractivity contribution in [2.75, 3.05) is 0 Å². The molecular weight excluding hydrogens is 104 g/mol. The fourth-order valence-corrected chi connectivity index (χ4v) is 0.408. The van der Waals surface area contributed by atoms with Crippen LogP contribution in [0.25, 0.3) is 0 Å². The Hall–Kier alpha value is -1.25. The molecule has 3 heteroatoms. The van der Waals surface area contributed by atoms with Crippen molar-refractivity contribution in [2.24, 2.45) is 5.18 Å². The molecule has 1 heterocycles. The lowest BCUT2D eigenvalue weighted by atomic mass is 10.5. The zero-order valence-electron chi connectivity index (χ0n) is 4.11. The van der Waals surface area contributed by atoms with Crippen LogP contribution in [0.15, 0.2) is 29.6 Å². The lowest BCUT2D eigenvalue weighted by molar-refractivity contribution is 1.27. The summed E-state index contributed by atoms with van der Waals surface area (Å²) in [6, 6.07) is 4.99. The summed E-state index contributed by atoms with van der Waals surface area (Å²) >= 11 is 0. The average Bonchev–Trinajstić information content (AvgIpc) is 1.90. The van der Waals surface area contributed by atoms with E-state index < -0.39 is 0 Å². The van der Waals surface area contributed by atoms with Crippen molar-refractivity contribution in [1.29, 1.82) is 0 Å². The summed E-state index contributed by atoms with van der Waals surface area (Å²) < 4.78 is 0. The van der Waals surface area contributed by atoms with E-state index in [1.165, 1.54) is 6.20 Å².